The molecule has 0 aromatic heterocycles. The number of fused-ring (bicyclic) bond motifs is 1. The van der Waals surface area contributed by atoms with Gasteiger partial charge in [0.1, 0.15) is 6.61 Å². The van der Waals surface area contributed by atoms with E-state index in [0.29, 0.717) is 45.9 Å². The fourth-order valence-electron chi connectivity index (χ4n) is 5.97. The molecule has 2 aliphatic carbocycles. The maximum absolute atomic E-state index is 13.7. The van der Waals surface area contributed by atoms with Crippen LogP contribution in [0.1, 0.15) is 116 Å². The van der Waals surface area contributed by atoms with Crippen molar-refractivity contribution in [2.24, 2.45) is 11.8 Å². The van der Waals surface area contributed by atoms with Gasteiger partial charge in [-0.1, -0.05) is 19.9 Å². The van der Waals surface area contributed by atoms with E-state index in [2.05, 4.69) is 24.5 Å². The van der Waals surface area contributed by atoms with Crippen molar-refractivity contribution in [2.45, 2.75) is 97.8 Å². The van der Waals surface area contributed by atoms with Crippen LogP contribution >= 0.6 is 0 Å². The van der Waals surface area contributed by atoms with Crippen LogP contribution in [-0.4, -0.2) is 43.1 Å². The third-order valence-corrected chi connectivity index (χ3v) is 8.35. The highest BCUT2D eigenvalue weighted by atomic mass is 17.2. The minimum Gasteiger partial charge on any atom is -0.462 e. The first-order valence-corrected chi connectivity index (χ1v) is 14.9. The van der Waals surface area contributed by atoms with Crippen molar-refractivity contribution in [3.63, 3.8) is 0 Å². The van der Waals surface area contributed by atoms with Crippen molar-refractivity contribution < 1.29 is 28.9 Å². The molecular formula is C32H44N2O6. The molecule has 2 amide bonds. The van der Waals surface area contributed by atoms with Gasteiger partial charge in [0.05, 0.1) is 18.8 Å². The van der Waals surface area contributed by atoms with E-state index < -0.39 is 5.97 Å². The quantitative estimate of drug-likeness (QED) is 0.160. The Bertz CT molecular complexity index is 1200. The number of nitrogens with one attached hydrogen (secondary N) is 2. The summed E-state index contributed by atoms with van der Waals surface area (Å²) in [6, 6.07) is 6.92. The molecule has 2 aliphatic rings. The van der Waals surface area contributed by atoms with E-state index in [-0.39, 0.29) is 42.7 Å². The Morgan fingerprint density at radius 3 is 1.70 bits per heavy atom. The zero-order valence-corrected chi connectivity index (χ0v) is 24.3. The summed E-state index contributed by atoms with van der Waals surface area (Å²) in [5, 5.41) is 7.31. The van der Waals surface area contributed by atoms with Gasteiger partial charge in [-0.2, -0.15) is 0 Å². The Morgan fingerprint density at radius 1 is 0.675 bits per heavy atom. The van der Waals surface area contributed by atoms with Crippen LogP contribution in [0.15, 0.2) is 24.3 Å². The number of esters is 1. The van der Waals surface area contributed by atoms with Gasteiger partial charge in [-0.05, 0) is 101 Å². The summed E-state index contributed by atoms with van der Waals surface area (Å²) in [6.07, 6.45) is 7.98. The lowest BCUT2D eigenvalue weighted by Gasteiger charge is -2.28. The van der Waals surface area contributed by atoms with Gasteiger partial charge in [0, 0.05) is 34.0 Å². The van der Waals surface area contributed by atoms with Crippen molar-refractivity contribution in [3.8, 4) is 0 Å². The molecule has 8 heteroatoms. The van der Waals surface area contributed by atoms with Gasteiger partial charge in [0.15, 0.2) is 0 Å². The lowest BCUT2D eigenvalue weighted by molar-refractivity contribution is -0.300. The van der Waals surface area contributed by atoms with Crippen molar-refractivity contribution in [1.82, 2.24) is 10.6 Å². The molecule has 0 bridgehead atoms. The highest BCUT2D eigenvalue weighted by molar-refractivity contribution is 6.20. The number of hydrogen-bond acceptors (Lipinski definition) is 6. The van der Waals surface area contributed by atoms with Gasteiger partial charge in [-0.3, -0.25) is 9.59 Å². The zero-order valence-electron chi connectivity index (χ0n) is 24.3. The van der Waals surface area contributed by atoms with Crippen LogP contribution in [0.25, 0.3) is 10.8 Å². The van der Waals surface area contributed by atoms with E-state index in [0.717, 1.165) is 51.4 Å². The number of carbonyl (C=O) groups excluding carboxylic acids is 3. The summed E-state index contributed by atoms with van der Waals surface area (Å²) in [5.41, 5.74) is 1.65. The molecule has 4 rings (SSSR count). The van der Waals surface area contributed by atoms with E-state index in [1.807, 2.05) is 6.92 Å². The molecule has 8 nitrogen and oxygen atoms in total. The van der Waals surface area contributed by atoms with Gasteiger partial charge in [-0.25, -0.2) is 14.6 Å². The third-order valence-electron chi connectivity index (χ3n) is 8.35. The number of benzene rings is 2. The molecule has 0 heterocycles. The van der Waals surface area contributed by atoms with E-state index in [1.54, 1.807) is 31.2 Å². The van der Waals surface area contributed by atoms with Crippen molar-refractivity contribution in [1.29, 1.82) is 0 Å². The Morgan fingerprint density at radius 2 is 1.18 bits per heavy atom. The molecule has 2 fully saturated rings. The van der Waals surface area contributed by atoms with E-state index in [4.69, 9.17) is 14.5 Å². The van der Waals surface area contributed by atoms with Crippen molar-refractivity contribution >= 4 is 28.6 Å². The fourth-order valence-corrected chi connectivity index (χ4v) is 5.97. The SMILES string of the molecule is CCOOCc1ccc(C(=O)NC2CCC(C)CC2)c2c(C(=O)OCC)ccc(C(=O)NC3CCC(C)CC3)c12. The van der Waals surface area contributed by atoms with Gasteiger partial charge >= 0.3 is 5.97 Å². The Kier molecular flexibility index (Phi) is 10.6. The minimum absolute atomic E-state index is 0.0558. The van der Waals surface area contributed by atoms with Gasteiger partial charge < -0.3 is 15.4 Å². The molecule has 0 saturated heterocycles. The summed E-state index contributed by atoms with van der Waals surface area (Å²) < 4.78 is 5.38. The normalized spacial score (nSPS) is 23.0. The molecule has 2 N–H and O–H groups in total. The average molecular weight is 553 g/mol. The number of hydrogen-bond donors (Lipinski definition) is 2. The second-order valence-electron chi connectivity index (χ2n) is 11.4. The lowest BCUT2D eigenvalue weighted by atomic mass is 9.86. The fraction of sp³-hybridized carbons (Fsp3) is 0.594. The van der Waals surface area contributed by atoms with Crippen molar-refractivity contribution in [3.05, 3.63) is 46.5 Å². The second kappa shape index (κ2) is 14.1. The van der Waals surface area contributed by atoms with Gasteiger partial charge in [0.2, 0.25) is 0 Å². The molecule has 2 aromatic carbocycles. The summed E-state index contributed by atoms with van der Waals surface area (Å²) in [6.45, 7) is 8.65. The molecule has 0 spiro atoms. The Balaban J connectivity index is 1.79. The summed E-state index contributed by atoms with van der Waals surface area (Å²) in [5.74, 6) is 0.294. The lowest BCUT2D eigenvalue weighted by Crippen LogP contribution is -2.38. The molecule has 2 saturated carbocycles. The zero-order chi connectivity index (χ0) is 28.6. The molecule has 40 heavy (non-hydrogen) atoms. The van der Waals surface area contributed by atoms with Crippen LogP contribution in [-0.2, 0) is 21.1 Å². The monoisotopic (exact) mass is 552 g/mol. The molecule has 218 valence electrons. The van der Waals surface area contributed by atoms with Crippen LogP contribution in [0.2, 0.25) is 0 Å². The number of carbonyl (C=O) groups is 3. The summed E-state index contributed by atoms with van der Waals surface area (Å²) in [4.78, 5) is 51.2. The number of rotatable bonds is 10. The highest BCUT2D eigenvalue weighted by Gasteiger charge is 2.28. The van der Waals surface area contributed by atoms with Gasteiger partial charge in [0.25, 0.3) is 11.8 Å². The Labute approximate surface area is 237 Å². The van der Waals surface area contributed by atoms with Crippen LogP contribution < -0.4 is 10.6 Å². The first kappa shape index (κ1) is 30.0. The number of ether oxygens (including phenoxy) is 1. The molecule has 0 aliphatic heterocycles. The molecule has 2 aromatic rings. The summed E-state index contributed by atoms with van der Waals surface area (Å²) >= 11 is 0. The predicted octanol–water partition coefficient (Wildman–Crippen LogP) is 6.10. The van der Waals surface area contributed by atoms with Crippen LogP contribution in [0.5, 0.6) is 0 Å². The van der Waals surface area contributed by atoms with Crippen LogP contribution in [0.3, 0.4) is 0 Å². The van der Waals surface area contributed by atoms with E-state index >= 15 is 0 Å². The van der Waals surface area contributed by atoms with Crippen molar-refractivity contribution in [2.75, 3.05) is 13.2 Å². The molecule has 0 unspecified atom stereocenters. The van der Waals surface area contributed by atoms with Gasteiger partial charge in [-0.15, -0.1) is 0 Å². The molecular weight excluding hydrogens is 508 g/mol. The summed E-state index contributed by atoms with van der Waals surface area (Å²) in [7, 11) is 0. The molecule has 0 atom stereocenters. The first-order chi connectivity index (χ1) is 19.3. The first-order valence-electron chi connectivity index (χ1n) is 14.9. The topological polar surface area (TPSA) is 103 Å². The predicted molar refractivity (Wildman–Crippen MR) is 154 cm³/mol. The maximum atomic E-state index is 13.7. The largest absolute Gasteiger partial charge is 0.462 e. The second-order valence-corrected chi connectivity index (χ2v) is 11.4. The molecule has 0 radical (unpaired) electrons. The standard InChI is InChI=1S/C32H44N2O6/c1-5-38-32(37)27-18-17-25(30(35)33-23-12-7-20(3)8-13-23)28-22(19-40-39-6-2)11-16-26(29(27)28)31(36)34-24-14-9-21(4)10-15-24/h11,16-18,20-21,23-24H,5-10,12-15,19H2,1-4H3,(H,33,35)(H,34,36). The third kappa shape index (κ3) is 7.21. The average Bonchev–Trinajstić information content (AvgIpc) is 2.95. The Hall–Kier alpha value is -2.97. The van der Waals surface area contributed by atoms with Crippen LogP contribution in [0, 0.1) is 11.8 Å². The van der Waals surface area contributed by atoms with E-state index in [1.165, 1.54) is 0 Å². The maximum Gasteiger partial charge on any atom is 0.338 e. The smallest absolute Gasteiger partial charge is 0.338 e. The van der Waals surface area contributed by atoms with Crippen LogP contribution in [0.4, 0.5) is 0 Å². The number of amides is 2. The van der Waals surface area contributed by atoms with E-state index in [9.17, 15) is 14.4 Å². The highest BCUT2D eigenvalue weighted by Crippen LogP contribution is 2.33. The minimum atomic E-state index is -0.538.